The van der Waals surface area contributed by atoms with Crippen molar-refractivity contribution >= 4 is 11.9 Å². The van der Waals surface area contributed by atoms with Crippen molar-refractivity contribution in [2.45, 2.75) is 25.7 Å². The Morgan fingerprint density at radius 2 is 1.00 bits per heavy atom. The Balaban J connectivity index is 1.64. The van der Waals surface area contributed by atoms with E-state index in [9.17, 15) is 40.2 Å². The Morgan fingerprint density at radius 3 is 1.33 bits per heavy atom. The Labute approximate surface area is 170 Å². The maximum Gasteiger partial charge on any atom is 0.314 e. The quantitative estimate of drug-likeness (QED) is 0.244. The average Bonchev–Trinajstić information content (AvgIpc) is 2.70. The van der Waals surface area contributed by atoms with Gasteiger partial charge in [-0.1, -0.05) is 6.42 Å². The first-order valence-electron chi connectivity index (χ1n) is 9.09. The number of phenols is 6. The molecule has 10 heteroatoms. The van der Waals surface area contributed by atoms with Gasteiger partial charge in [-0.25, -0.2) is 0 Å². The topological polar surface area (TPSA) is 174 Å². The molecule has 6 N–H and O–H groups in total. The molecule has 0 heterocycles. The third kappa shape index (κ3) is 4.43. The summed E-state index contributed by atoms with van der Waals surface area (Å²) in [6, 6.07) is 3.91. The van der Waals surface area contributed by atoms with Crippen molar-refractivity contribution in [1.29, 1.82) is 0 Å². The van der Waals surface area contributed by atoms with Crippen molar-refractivity contribution in [2.75, 3.05) is 0 Å². The summed E-state index contributed by atoms with van der Waals surface area (Å²) in [6.45, 7) is 0. The lowest BCUT2D eigenvalue weighted by Crippen LogP contribution is -2.31. The van der Waals surface area contributed by atoms with Crippen molar-refractivity contribution in [2.24, 2.45) is 11.8 Å². The van der Waals surface area contributed by atoms with Gasteiger partial charge in [-0.15, -0.1) is 0 Å². The number of ether oxygens (including phenoxy) is 2. The molecule has 0 aliphatic heterocycles. The van der Waals surface area contributed by atoms with Crippen LogP contribution in [0.1, 0.15) is 25.7 Å². The van der Waals surface area contributed by atoms with Crippen molar-refractivity contribution in [3.05, 3.63) is 24.3 Å². The van der Waals surface area contributed by atoms with E-state index in [2.05, 4.69) is 0 Å². The number of hydrogen-bond donors (Lipinski definition) is 6. The summed E-state index contributed by atoms with van der Waals surface area (Å²) in [5.41, 5.74) is 0. The van der Waals surface area contributed by atoms with Crippen molar-refractivity contribution < 1.29 is 49.7 Å². The molecule has 2 atom stereocenters. The minimum absolute atomic E-state index is 0.129. The van der Waals surface area contributed by atoms with Crippen LogP contribution < -0.4 is 9.47 Å². The molecular formula is C20H20O10. The Morgan fingerprint density at radius 1 is 0.667 bits per heavy atom. The van der Waals surface area contributed by atoms with Crippen molar-refractivity contribution in [3.63, 3.8) is 0 Å². The number of benzene rings is 2. The second kappa shape index (κ2) is 8.27. The number of hydrogen-bond acceptors (Lipinski definition) is 10. The molecule has 2 aromatic carbocycles. The molecule has 10 nitrogen and oxygen atoms in total. The van der Waals surface area contributed by atoms with Gasteiger partial charge >= 0.3 is 11.9 Å². The molecule has 2 aromatic rings. The summed E-state index contributed by atoms with van der Waals surface area (Å²) in [4.78, 5) is 24.9. The molecule has 30 heavy (non-hydrogen) atoms. The molecule has 0 spiro atoms. The zero-order chi connectivity index (χ0) is 22.0. The van der Waals surface area contributed by atoms with Gasteiger partial charge in [0.1, 0.15) is 11.5 Å². The van der Waals surface area contributed by atoms with E-state index in [0.717, 1.165) is 24.3 Å². The maximum atomic E-state index is 12.4. The van der Waals surface area contributed by atoms with Gasteiger partial charge in [-0.05, 0) is 19.3 Å². The van der Waals surface area contributed by atoms with Gasteiger partial charge in [0.15, 0.2) is 23.0 Å². The fraction of sp³-hybridized carbons (Fsp3) is 0.300. The molecule has 0 amide bonds. The molecule has 0 bridgehead atoms. The Hall–Kier alpha value is -3.82. The monoisotopic (exact) mass is 420 g/mol. The molecule has 1 aliphatic rings. The lowest BCUT2D eigenvalue weighted by molar-refractivity contribution is -0.144. The van der Waals surface area contributed by atoms with E-state index in [1.807, 2.05) is 0 Å². The molecule has 0 aromatic heterocycles. The summed E-state index contributed by atoms with van der Waals surface area (Å²) in [5, 5.41) is 56.7. The lowest BCUT2D eigenvalue weighted by atomic mass is 9.81. The van der Waals surface area contributed by atoms with Crippen LogP contribution in [0.2, 0.25) is 0 Å². The zero-order valence-corrected chi connectivity index (χ0v) is 15.6. The van der Waals surface area contributed by atoms with Crippen molar-refractivity contribution in [1.82, 2.24) is 0 Å². The molecule has 1 fully saturated rings. The van der Waals surface area contributed by atoms with Gasteiger partial charge < -0.3 is 40.1 Å². The maximum absolute atomic E-state index is 12.4. The summed E-state index contributed by atoms with van der Waals surface area (Å²) in [5.74, 6) is -7.01. The minimum atomic E-state index is -0.735. The summed E-state index contributed by atoms with van der Waals surface area (Å²) < 4.78 is 10.3. The van der Waals surface area contributed by atoms with E-state index in [1.54, 1.807) is 0 Å². The molecule has 1 aliphatic carbocycles. The normalized spacial score (nSPS) is 18.5. The second-order valence-electron chi connectivity index (χ2n) is 7.02. The summed E-state index contributed by atoms with van der Waals surface area (Å²) in [7, 11) is 0. The van der Waals surface area contributed by atoms with Crippen LogP contribution in [0.4, 0.5) is 0 Å². The van der Waals surface area contributed by atoms with Gasteiger partial charge in [0, 0.05) is 24.3 Å². The van der Waals surface area contributed by atoms with Crippen LogP contribution in [-0.4, -0.2) is 42.6 Å². The van der Waals surface area contributed by atoms with E-state index in [-0.39, 0.29) is 17.9 Å². The van der Waals surface area contributed by atoms with Gasteiger partial charge in [0.2, 0.25) is 11.5 Å². The SMILES string of the molecule is O=C(Oc1cc(O)c(O)c(O)c1)C1CCCC(C(=O)Oc2cc(O)c(O)c(O)c2)C1. The summed E-state index contributed by atoms with van der Waals surface area (Å²) in [6.07, 6.45) is 1.58. The molecule has 3 rings (SSSR count). The van der Waals surface area contributed by atoms with Crippen LogP contribution in [0.25, 0.3) is 0 Å². The van der Waals surface area contributed by atoms with Crippen LogP contribution in [0.5, 0.6) is 46.0 Å². The number of aromatic hydroxyl groups is 6. The van der Waals surface area contributed by atoms with Crippen LogP contribution in [0, 0.1) is 11.8 Å². The van der Waals surface area contributed by atoms with Crippen LogP contribution in [-0.2, 0) is 9.59 Å². The molecule has 2 unspecified atom stereocenters. The first-order chi connectivity index (χ1) is 14.2. The number of phenolic OH excluding ortho intramolecular Hbond substituents is 6. The molecular weight excluding hydrogens is 400 g/mol. The highest BCUT2D eigenvalue weighted by Gasteiger charge is 2.34. The number of esters is 2. The van der Waals surface area contributed by atoms with Gasteiger partial charge in [-0.3, -0.25) is 9.59 Å². The number of carbonyl (C=O) groups excluding carboxylic acids is 2. The highest BCUT2D eigenvalue weighted by Crippen LogP contribution is 2.40. The number of carbonyl (C=O) groups is 2. The number of rotatable bonds is 4. The van der Waals surface area contributed by atoms with Gasteiger partial charge in [-0.2, -0.15) is 0 Å². The third-order valence-corrected chi connectivity index (χ3v) is 4.86. The van der Waals surface area contributed by atoms with Gasteiger partial charge in [0.05, 0.1) is 11.8 Å². The highest BCUT2D eigenvalue weighted by atomic mass is 16.5. The van der Waals surface area contributed by atoms with E-state index < -0.39 is 58.3 Å². The Bertz CT molecular complexity index is 860. The highest BCUT2D eigenvalue weighted by molar-refractivity contribution is 5.79. The molecule has 0 radical (unpaired) electrons. The first kappa shape index (κ1) is 20.9. The van der Waals surface area contributed by atoms with E-state index in [1.165, 1.54) is 0 Å². The predicted octanol–water partition coefficient (Wildman–Crippen LogP) is 2.24. The molecule has 160 valence electrons. The van der Waals surface area contributed by atoms with Crippen molar-refractivity contribution in [3.8, 4) is 46.0 Å². The fourth-order valence-corrected chi connectivity index (χ4v) is 3.29. The largest absolute Gasteiger partial charge is 0.504 e. The Kier molecular flexibility index (Phi) is 5.77. The van der Waals surface area contributed by atoms with Crippen LogP contribution in [0.3, 0.4) is 0 Å². The first-order valence-corrected chi connectivity index (χ1v) is 9.09. The van der Waals surface area contributed by atoms with Crippen LogP contribution in [0.15, 0.2) is 24.3 Å². The van der Waals surface area contributed by atoms with E-state index in [4.69, 9.17) is 9.47 Å². The molecule has 1 saturated carbocycles. The fourth-order valence-electron chi connectivity index (χ4n) is 3.29. The minimum Gasteiger partial charge on any atom is -0.504 e. The van der Waals surface area contributed by atoms with Crippen LogP contribution >= 0.6 is 0 Å². The zero-order valence-electron chi connectivity index (χ0n) is 15.6. The second-order valence-corrected chi connectivity index (χ2v) is 7.02. The smallest absolute Gasteiger partial charge is 0.314 e. The summed E-state index contributed by atoms with van der Waals surface area (Å²) >= 11 is 0. The van der Waals surface area contributed by atoms with Gasteiger partial charge in [0.25, 0.3) is 0 Å². The standard InChI is InChI=1S/C20H20O10/c21-13-5-11(6-14(22)17(13)25)29-19(27)9-2-1-3-10(4-9)20(28)30-12-7-15(23)18(26)16(24)8-12/h5-10,21-26H,1-4H2. The molecule has 0 saturated heterocycles. The van der Waals surface area contributed by atoms with E-state index in [0.29, 0.717) is 19.3 Å². The third-order valence-electron chi connectivity index (χ3n) is 4.86. The predicted molar refractivity (Wildman–Crippen MR) is 99.6 cm³/mol. The lowest BCUT2D eigenvalue weighted by Gasteiger charge is -2.26. The average molecular weight is 420 g/mol. The van der Waals surface area contributed by atoms with E-state index >= 15 is 0 Å².